The van der Waals surface area contributed by atoms with E-state index in [0.29, 0.717) is 8.67 Å². The van der Waals surface area contributed by atoms with Crippen LogP contribution >= 0.6 is 34.5 Å². The zero-order valence-corrected chi connectivity index (χ0v) is 9.04. The van der Waals surface area contributed by atoms with Crippen LogP contribution in [0.25, 0.3) is 6.08 Å². The molecule has 1 aromatic rings. The minimum Gasteiger partial charge on any atom is -0.466 e. The Hall–Kier alpha value is -0.510. The predicted octanol–water partition coefficient (Wildman–Crippen LogP) is 3.24. The molecule has 70 valence electrons. The molecule has 0 saturated heterocycles. The lowest BCUT2D eigenvalue weighted by Crippen LogP contribution is -1.92. The Morgan fingerprint density at radius 2 is 2.31 bits per heavy atom. The minimum atomic E-state index is -0.418. The molecule has 0 saturated carbocycles. The van der Waals surface area contributed by atoms with Crippen molar-refractivity contribution >= 4 is 46.6 Å². The largest absolute Gasteiger partial charge is 0.466 e. The van der Waals surface area contributed by atoms with Crippen LogP contribution in [0.4, 0.5) is 0 Å². The van der Waals surface area contributed by atoms with E-state index in [4.69, 9.17) is 23.2 Å². The molecule has 0 atom stereocenters. The lowest BCUT2D eigenvalue weighted by molar-refractivity contribution is -0.134. The fourth-order valence-electron chi connectivity index (χ4n) is 0.692. The van der Waals surface area contributed by atoms with Gasteiger partial charge in [0.05, 0.1) is 11.4 Å². The first kappa shape index (κ1) is 10.6. The fourth-order valence-corrected chi connectivity index (χ4v) is 2.13. The van der Waals surface area contributed by atoms with E-state index in [1.54, 1.807) is 12.1 Å². The molecular formula is C8H6Cl2O2S. The van der Waals surface area contributed by atoms with Gasteiger partial charge in [0.2, 0.25) is 0 Å². The molecule has 1 heterocycles. The second-order valence-corrected chi connectivity index (χ2v) is 4.42. The van der Waals surface area contributed by atoms with E-state index in [9.17, 15) is 4.79 Å². The highest BCUT2D eigenvalue weighted by Gasteiger charge is 2.02. The number of carbonyl (C=O) groups is 1. The summed E-state index contributed by atoms with van der Waals surface area (Å²) >= 11 is 12.8. The first-order valence-electron chi connectivity index (χ1n) is 3.34. The Morgan fingerprint density at radius 3 is 2.77 bits per heavy atom. The minimum absolute atomic E-state index is 0.418. The number of halogens is 2. The smallest absolute Gasteiger partial charge is 0.330 e. The summed E-state index contributed by atoms with van der Waals surface area (Å²) in [6, 6.07) is 1.69. The summed E-state index contributed by atoms with van der Waals surface area (Å²) in [4.78, 5) is 10.7. The van der Waals surface area contributed by atoms with Gasteiger partial charge in [-0.3, -0.25) is 0 Å². The summed E-state index contributed by atoms with van der Waals surface area (Å²) in [6.45, 7) is 0. The highest BCUT2D eigenvalue weighted by Crippen LogP contribution is 2.31. The molecular weight excluding hydrogens is 231 g/mol. The van der Waals surface area contributed by atoms with Crippen molar-refractivity contribution in [1.29, 1.82) is 0 Å². The molecule has 0 bridgehead atoms. The Labute approximate surface area is 89.7 Å². The number of ether oxygens (including phenoxy) is 1. The maximum atomic E-state index is 10.7. The molecule has 0 spiro atoms. The van der Waals surface area contributed by atoms with Crippen molar-refractivity contribution in [2.45, 2.75) is 0 Å². The molecule has 0 aliphatic heterocycles. The van der Waals surface area contributed by atoms with E-state index >= 15 is 0 Å². The third kappa shape index (κ3) is 3.03. The van der Waals surface area contributed by atoms with Crippen LogP contribution < -0.4 is 0 Å². The summed E-state index contributed by atoms with van der Waals surface area (Å²) in [5.41, 5.74) is 0.724. The van der Waals surface area contributed by atoms with Crippen LogP contribution in [0.3, 0.4) is 0 Å². The van der Waals surface area contributed by atoms with Crippen molar-refractivity contribution in [3.8, 4) is 0 Å². The predicted molar refractivity (Wildman–Crippen MR) is 55.4 cm³/mol. The Morgan fingerprint density at radius 1 is 1.62 bits per heavy atom. The van der Waals surface area contributed by atoms with Gasteiger partial charge in [-0.05, 0) is 12.1 Å². The van der Waals surface area contributed by atoms with Crippen LogP contribution in [-0.2, 0) is 9.53 Å². The van der Waals surface area contributed by atoms with Gasteiger partial charge in [-0.2, -0.15) is 0 Å². The van der Waals surface area contributed by atoms with E-state index < -0.39 is 5.97 Å². The summed E-state index contributed by atoms with van der Waals surface area (Å²) in [6.07, 6.45) is 2.86. The van der Waals surface area contributed by atoms with Gasteiger partial charge >= 0.3 is 5.97 Å². The Bertz CT molecular complexity index is 344. The number of esters is 1. The molecule has 13 heavy (non-hydrogen) atoms. The summed E-state index contributed by atoms with van der Waals surface area (Å²) < 4.78 is 5.57. The lowest BCUT2D eigenvalue weighted by Gasteiger charge is -1.89. The van der Waals surface area contributed by atoms with Crippen LogP contribution in [-0.4, -0.2) is 13.1 Å². The number of hydrogen-bond acceptors (Lipinski definition) is 3. The van der Waals surface area contributed by atoms with E-state index in [1.807, 2.05) is 0 Å². The normalized spacial score (nSPS) is 10.7. The van der Waals surface area contributed by atoms with E-state index in [-0.39, 0.29) is 0 Å². The monoisotopic (exact) mass is 236 g/mol. The standard InChI is InChI=1S/C8H6Cl2O2S/c1-12-7(11)3-2-5-4-6(9)13-8(5)10/h2-4H,1H3/b3-2+. The van der Waals surface area contributed by atoms with Crippen molar-refractivity contribution in [2.75, 3.05) is 7.11 Å². The molecule has 0 N–H and O–H groups in total. The average molecular weight is 237 g/mol. The molecule has 0 unspecified atom stereocenters. The van der Waals surface area contributed by atoms with E-state index in [2.05, 4.69) is 4.74 Å². The van der Waals surface area contributed by atoms with Crippen molar-refractivity contribution in [2.24, 2.45) is 0 Å². The van der Waals surface area contributed by atoms with Crippen molar-refractivity contribution in [1.82, 2.24) is 0 Å². The number of methoxy groups -OCH3 is 1. The molecule has 0 aliphatic carbocycles. The molecule has 1 rings (SSSR count). The van der Waals surface area contributed by atoms with Gasteiger partial charge in [0, 0.05) is 11.6 Å². The molecule has 5 heteroatoms. The molecule has 1 aromatic heterocycles. The zero-order valence-electron chi connectivity index (χ0n) is 6.71. The molecule has 0 aromatic carbocycles. The Kier molecular flexibility index (Phi) is 3.78. The molecule has 0 amide bonds. The number of thiophene rings is 1. The van der Waals surface area contributed by atoms with Crippen LogP contribution in [0, 0.1) is 0 Å². The summed E-state index contributed by atoms with van der Waals surface area (Å²) in [5.74, 6) is -0.418. The quantitative estimate of drug-likeness (QED) is 0.583. The molecule has 0 aliphatic rings. The third-order valence-electron chi connectivity index (χ3n) is 1.28. The van der Waals surface area contributed by atoms with Gasteiger partial charge < -0.3 is 4.74 Å². The van der Waals surface area contributed by atoms with Crippen molar-refractivity contribution in [3.05, 3.63) is 26.4 Å². The second kappa shape index (κ2) is 4.65. The van der Waals surface area contributed by atoms with E-state index in [1.165, 1.54) is 24.5 Å². The van der Waals surface area contributed by atoms with E-state index in [0.717, 1.165) is 5.56 Å². The summed E-state index contributed by atoms with van der Waals surface area (Å²) in [5, 5.41) is 0. The summed E-state index contributed by atoms with van der Waals surface area (Å²) in [7, 11) is 1.31. The van der Waals surface area contributed by atoms with Crippen molar-refractivity contribution < 1.29 is 9.53 Å². The maximum Gasteiger partial charge on any atom is 0.330 e. The fraction of sp³-hybridized carbons (Fsp3) is 0.125. The number of hydrogen-bond donors (Lipinski definition) is 0. The zero-order chi connectivity index (χ0) is 9.84. The SMILES string of the molecule is COC(=O)/C=C/c1cc(Cl)sc1Cl. The lowest BCUT2D eigenvalue weighted by atomic mass is 10.3. The third-order valence-corrected chi connectivity index (χ3v) is 2.80. The molecule has 2 nitrogen and oxygen atoms in total. The Balaban J connectivity index is 2.79. The number of rotatable bonds is 2. The van der Waals surface area contributed by atoms with Gasteiger partial charge in [-0.25, -0.2) is 4.79 Å². The van der Waals surface area contributed by atoms with Crippen LogP contribution in [0.2, 0.25) is 8.67 Å². The highest BCUT2D eigenvalue weighted by molar-refractivity contribution is 7.20. The van der Waals surface area contributed by atoms with Crippen molar-refractivity contribution in [3.63, 3.8) is 0 Å². The van der Waals surface area contributed by atoms with Gasteiger partial charge in [-0.15, -0.1) is 11.3 Å². The molecule has 0 radical (unpaired) electrons. The molecule has 0 fully saturated rings. The first-order chi connectivity index (χ1) is 6.13. The van der Waals surface area contributed by atoms with Gasteiger partial charge in [0.15, 0.2) is 0 Å². The van der Waals surface area contributed by atoms with Gasteiger partial charge in [0.25, 0.3) is 0 Å². The van der Waals surface area contributed by atoms with Crippen LogP contribution in [0.1, 0.15) is 5.56 Å². The number of carbonyl (C=O) groups excluding carboxylic acids is 1. The van der Waals surface area contributed by atoms with Crippen LogP contribution in [0.15, 0.2) is 12.1 Å². The first-order valence-corrected chi connectivity index (χ1v) is 4.91. The average Bonchev–Trinajstić information content (AvgIpc) is 2.41. The highest BCUT2D eigenvalue weighted by atomic mass is 35.5. The maximum absolute atomic E-state index is 10.7. The second-order valence-electron chi connectivity index (χ2n) is 2.14. The van der Waals surface area contributed by atoms with Crippen LogP contribution in [0.5, 0.6) is 0 Å². The van der Waals surface area contributed by atoms with Gasteiger partial charge in [0.1, 0.15) is 4.34 Å². The van der Waals surface area contributed by atoms with Gasteiger partial charge in [-0.1, -0.05) is 23.2 Å². The topological polar surface area (TPSA) is 26.3 Å².